The predicted molar refractivity (Wildman–Crippen MR) is 242 cm³/mol. The van der Waals surface area contributed by atoms with Gasteiger partial charge in [-0.1, -0.05) is 194 Å². The maximum Gasteiger partial charge on any atom is 0.0714 e. The van der Waals surface area contributed by atoms with Crippen molar-refractivity contribution in [2.75, 3.05) is 4.90 Å². The zero-order valence-corrected chi connectivity index (χ0v) is 32.0. The number of nitrogens with zero attached hydrogens (tertiary/aromatic N) is 1. The summed E-state index contributed by atoms with van der Waals surface area (Å²) < 4.78 is 2.57. The Kier molecular flexibility index (Phi) is 7.98. The summed E-state index contributed by atoms with van der Waals surface area (Å²) in [6.07, 6.45) is 0. The molecule has 1 aliphatic rings. The van der Waals surface area contributed by atoms with Gasteiger partial charge < -0.3 is 4.90 Å². The highest BCUT2D eigenvalue weighted by Crippen LogP contribution is 2.58. The average Bonchev–Trinajstić information content (AvgIpc) is 3.82. The van der Waals surface area contributed by atoms with E-state index in [1.807, 2.05) is 11.3 Å². The van der Waals surface area contributed by atoms with E-state index in [1.165, 1.54) is 81.5 Å². The Morgan fingerprint density at radius 3 is 1.65 bits per heavy atom. The molecule has 0 fully saturated rings. The molecular weight excluding hydrogens is 707 g/mol. The number of rotatable bonds is 7. The minimum Gasteiger partial charge on any atom is -0.308 e. The van der Waals surface area contributed by atoms with Gasteiger partial charge in [0.15, 0.2) is 0 Å². The van der Waals surface area contributed by atoms with Crippen LogP contribution in [0.4, 0.5) is 17.1 Å². The van der Waals surface area contributed by atoms with Gasteiger partial charge in [0.1, 0.15) is 0 Å². The summed E-state index contributed by atoms with van der Waals surface area (Å²) in [5.41, 5.74) is 15.4. The fourth-order valence-electron chi connectivity index (χ4n) is 9.27. The van der Waals surface area contributed by atoms with Crippen LogP contribution in [-0.4, -0.2) is 0 Å². The number of anilines is 3. The fourth-order valence-corrected chi connectivity index (χ4v) is 10.5. The van der Waals surface area contributed by atoms with Crippen molar-refractivity contribution in [1.82, 2.24) is 0 Å². The summed E-state index contributed by atoms with van der Waals surface area (Å²) in [5.74, 6) is 0. The van der Waals surface area contributed by atoms with Gasteiger partial charge in [-0.05, 0) is 80.4 Å². The van der Waals surface area contributed by atoms with Crippen LogP contribution in [0.1, 0.15) is 22.3 Å². The Bertz CT molecular complexity index is 3020. The molecule has 0 amide bonds. The maximum atomic E-state index is 2.52. The topological polar surface area (TPSA) is 3.24 Å². The van der Waals surface area contributed by atoms with Gasteiger partial charge in [-0.2, -0.15) is 0 Å². The maximum absolute atomic E-state index is 2.52. The molecular formula is C55H37NS. The molecule has 0 N–H and O–H groups in total. The van der Waals surface area contributed by atoms with Crippen molar-refractivity contribution in [3.63, 3.8) is 0 Å². The van der Waals surface area contributed by atoms with E-state index in [4.69, 9.17) is 0 Å². The molecule has 0 bridgehead atoms. The number of thiophene rings is 1. The van der Waals surface area contributed by atoms with E-state index in [-0.39, 0.29) is 0 Å². The van der Waals surface area contributed by atoms with Gasteiger partial charge >= 0.3 is 0 Å². The summed E-state index contributed by atoms with van der Waals surface area (Å²) in [5, 5.41) is 2.57. The summed E-state index contributed by atoms with van der Waals surface area (Å²) in [6, 6.07) is 82.5. The van der Waals surface area contributed by atoms with Crippen LogP contribution in [-0.2, 0) is 5.41 Å². The van der Waals surface area contributed by atoms with Gasteiger partial charge in [-0.3, -0.25) is 0 Å². The van der Waals surface area contributed by atoms with E-state index < -0.39 is 5.41 Å². The first kappa shape index (κ1) is 33.3. The lowest BCUT2D eigenvalue weighted by atomic mass is 9.67. The number of hydrogen-bond acceptors (Lipinski definition) is 2. The van der Waals surface area contributed by atoms with Crippen molar-refractivity contribution < 1.29 is 0 Å². The number of fused-ring (bicyclic) bond motifs is 6. The van der Waals surface area contributed by atoms with E-state index in [1.54, 1.807) is 0 Å². The number of para-hydroxylation sites is 1. The zero-order chi connectivity index (χ0) is 37.8. The molecule has 1 heterocycles. The second-order valence-electron chi connectivity index (χ2n) is 14.8. The van der Waals surface area contributed by atoms with E-state index in [9.17, 15) is 0 Å². The second-order valence-corrected chi connectivity index (χ2v) is 15.9. The fraction of sp³-hybridized carbons (Fsp3) is 0.0182. The monoisotopic (exact) mass is 743 g/mol. The van der Waals surface area contributed by atoms with Gasteiger partial charge in [-0.15, -0.1) is 11.3 Å². The summed E-state index contributed by atoms with van der Waals surface area (Å²) in [7, 11) is 0. The standard InChI is InChI=1S/C55H37NS/c1-4-17-38(18-5-1)39-31-33-40(34-32-39)44-23-11-14-28-51(44)56(52-29-16-26-48-47-25-12-15-30-53(47)57-54(48)52)43-35-36-46-45-24-10-13-27-49(45)55(50(46)37-43,41-19-6-2-7-20-41)42-21-8-3-9-22-42/h1-37H. The third-order valence-electron chi connectivity index (χ3n) is 11.8. The molecule has 0 spiro atoms. The van der Waals surface area contributed by atoms with Crippen LogP contribution in [0.5, 0.6) is 0 Å². The zero-order valence-electron chi connectivity index (χ0n) is 31.2. The SMILES string of the molecule is c1ccc(-c2ccc(-c3ccccc3N(c3ccc4c(c3)C(c3ccccc3)(c3ccccc3)c3ccccc3-4)c3cccc4c3sc3ccccc34)cc2)cc1. The Hall–Kier alpha value is -7.00. The largest absolute Gasteiger partial charge is 0.308 e. The molecule has 0 aliphatic heterocycles. The molecule has 0 atom stereocenters. The molecule has 1 nitrogen and oxygen atoms in total. The molecule has 0 saturated carbocycles. The normalized spacial score (nSPS) is 12.7. The quantitative estimate of drug-likeness (QED) is 0.157. The molecule has 10 aromatic rings. The average molecular weight is 744 g/mol. The van der Waals surface area contributed by atoms with Gasteiger partial charge in [0.2, 0.25) is 0 Å². The molecule has 9 aromatic carbocycles. The van der Waals surface area contributed by atoms with Crippen LogP contribution < -0.4 is 4.90 Å². The Morgan fingerprint density at radius 2 is 0.895 bits per heavy atom. The van der Waals surface area contributed by atoms with Crippen molar-refractivity contribution in [3.8, 4) is 33.4 Å². The lowest BCUT2D eigenvalue weighted by Crippen LogP contribution is -2.28. The molecule has 0 saturated heterocycles. The molecule has 2 heteroatoms. The summed E-state index contributed by atoms with van der Waals surface area (Å²) >= 11 is 1.87. The lowest BCUT2D eigenvalue weighted by molar-refractivity contribution is 0.768. The molecule has 57 heavy (non-hydrogen) atoms. The van der Waals surface area contributed by atoms with Crippen molar-refractivity contribution in [2.24, 2.45) is 0 Å². The summed E-state index contributed by atoms with van der Waals surface area (Å²) in [6.45, 7) is 0. The van der Waals surface area contributed by atoms with E-state index >= 15 is 0 Å². The van der Waals surface area contributed by atoms with E-state index in [2.05, 4.69) is 229 Å². The van der Waals surface area contributed by atoms with Gasteiger partial charge in [0.25, 0.3) is 0 Å². The van der Waals surface area contributed by atoms with Crippen LogP contribution in [0.2, 0.25) is 0 Å². The molecule has 0 radical (unpaired) electrons. The smallest absolute Gasteiger partial charge is 0.0714 e. The predicted octanol–water partition coefficient (Wildman–Crippen LogP) is 15.2. The third kappa shape index (κ3) is 5.29. The molecule has 11 rings (SSSR count). The Morgan fingerprint density at radius 1 is 0.351 bits per heavy atom. The highest BCUT2D eigenvalue weighted by atomic mass is 32.1. The van der Waals surface area contributed by atoms with Crippen LogP contribution in [0.3, 0.4) is 0 Å². The van der Waals surface area contributed by atoms with Crippen molar-refractivity contribution in [3.05, 3.63) is 247 Å². The van der Waals surface area contributed by atoms with Crippen molar-refractivity contribution in [2.45, 2.75) is 5.41 Å². The van der Waals surface area contributed by atoms with Crippen LogP contribution in [0.25, 0.3) is 53.6 Å². The third-order valence-corrected chi connectivity index (χ3v) is 13.0. The minimum atomic E-state index is -0.507. The minimum absolute atomic E-state index is 0.507. The first-order valence-corrected chi connectivity index (χ1v) is 20.4. The Balaban J connectivity index is 1.19. The first-order chi connectivity index (χ1) is 28.3. The van der Waals surface area contributed by atoms with E-state index in [0.717, 1.165) is 11.4 Å². The van der Waals surface area contributed by atoms with Gasteiger partial charge in [-0.25, -0.2) is 0 Å². The molecule has 1 aromatic heterocycles. The van der Waals surface area contributed by atoms with Crippen molar-refractivity contribution in [1.29, 1.82) is 0 Å². The number of hydrogen-bond donors (Lipinski definition) is 0. The van der Waals surface area contributed by atoms with Gasteiger partial charge in [0, 0.05) is 26.7 Å². The first-order valence-electron chi connectivity index (χ1n) is 19.6. The van der Waals surface area contributed by atoms with Crippen LogP contribution in [0, 0.1) is 0 Å². The summed E-state index contributed by atoms with van der Waals surface area (Å²) in [4.78, 5) is 2.52. The van der Waals surface area contributed by atoms with Crippen molar-refractivity contribution >= 4 is 48.6 Å². The van der Waals surface area contributed by atoms with Crippen LogP contribution in [0.15, 0.2) is 224 Å². The highest BCUT2D eigenvalue weighted by Gasteiger charge is 2.46. The van der Waals surface area contributed by atoms with Crippen LogP contribution >= 0.6 is 11.3 Å². The number of benzene rings is 9. The second kappa shape index (κ2) is 13.6. The van der Waals surface area contributed by atoms with Gasteiger partial charge in [0.05, 0.1) is 21.5 Å². The lowest BCUT2D eigenvalue weighted by Gasteiger charge is -2.35. The Labute approximate surface area is 337 Å². The highest BCUT2D eigenvalue weighted by molar-refractivity contribution is 7.26. The molecule has 268 valence electrons. The molecule has 0 unspecified atom stereocenters. The van der Waals surface area contributed by atoms with E-state index in [0.29, 0.717) is 0 Å². The molecule has 1 aliphatic carbocycles.